The van der Waals surface area contributed by atoms with Crippen LogP contribution >= 0.6 is 12.4 Å². The molecule has 0 radical (unpaired) electrons. The number of aliphatic hydroxyl groups excluding tert-OH is 1. The zero-order valence-corrected chi connectivity index (χ0v) is 16.9. The van der Waals surface area contributed by atoms with Crippen molar-refractivity contribution >= 4 is 24.3 Å². The summed E-state index contributed by atoms with van der Waals surface area (Å²) in [7, 11) is 1.25. The lowest BCUT2D eigenvalue weighted by atomic mass is 9.95. The molecule has 1 aliphatic rings. The van der Waals surface area contributed by atoms with Crippen molar-refractivity contribution in [2.45, 2.75) is 31.8 Å². The molecule has 6 nitrogen and oxygen atoms in total. The molecule has 150 valence electrons. The molecular formula is C21H25ClN2O4. The van der Waals surface area contributed by atoms with E-state index in [1.165, 1.54) is 7.11 Å². The van der Waals surface area contributed by atoms with Crippen LogP contribution in [0, 0.1) is 35.5 Å². The fourth-order valence-electron chi connectivity index (χ4n) is 2.44. The third kappa shape index (κ3) is 6.58. The predicted molar refractivity (Wildman–Crippen MR) is 109 cm³/mol. The van der Waals surface area contributed by atoms with Gasteiger partial charge in [0.2, 0.25) is 0 Å². The quantitative estimate of drug-likeness (QED) is 0.504. The van der Waals surface area contributed by atoms with E-state index >= 15 is 0 Å². The van der Waals surface area contributed by atoms with Crippen LogP contribution in [0.4, 0.5) is 0 Å². The molecule has 1 aromatic rings. The van der Waals surface area contributed by atoms with Crippen LogP contribution in [0.15, 0.2) is 24.3 Å². The van der Waals surface area contributed by atoms with E-state index in [2.05, 4.69) is 29.0 Å². The number of hydrogen-bond acceptors (Lipinski definition) is 5. The van der Waals surface area contributed by atoms with Crippen molar-refractivity contribution < 1.29 is 19.4 Å². The highest BCUT2D eigenvalue weighted by atomic mass is 35.5. The van der Waals surface area contributed by atoms with Crippen molar-refractivity contribution in [1.82, 2.24) is 5.32 Å². The highest BCUT2D eigenvalue weighted by Gasteiger charge is 2.35. The Balaban J connectivity index is 0.00000392. The summed E-state index contributed by atoms with van der Waals surface area (Å²) in [5.74, 6) is 11.0. The molecule has 3 atom stereocenters. The summed E-state index contributed by atoms with van der Waals surface area (Å²) < 4.78 is 4.71. The number of methoxy groups -OCH3 is 1. The third-order valence-electron chi connectivity index (χ3n) is 4.29. The van der Waals surface area contributed by atoms with E-state index in [-0.39, 0.29) is 24.9 Å². The summed E-state index contributed by atoms with van der Waals surface area (Å²) in [6.07, 6.45) is 0.932. The lowest BCUT2D eigenvalue weighted by Crippen LogP contribution is -2.59. The van der Waals surface area contributed by atoms with Crippen molar-refractivity contribution in [3.63, 3.8) is 0 Å². The van der Waals surface area contributed by atoms with Crippen LogP contribution < -0.4 is 11.1 Å². The first-order valence-electron chi connectivity index (χ1n) is 8.66. The zero-order chi connectivity index (χ0) is 20.0. The van der Waals surface area contributed by atoms with Crippen LogP contribution in [0.2, 0.25) is 0 Å². The van der Waals surface area contributed by atoms with Crippen molar-refractivity contribution in [3.05, 3.63) is 35.4 Å². The molecule has 1 unspecified atom stereocenters. The Hall–Kier alpha value is -2.51. The smallest absolute Gasteiger partial charge is 0.330 e. The summed E-state index contributed by atoms with van der Waals surface area (Å²) in [6, 6.07) is 5.69. The van der Waals surface area contributed by atoms with Crippen LogP contribution in [-0.2, 0) is 9.53 Å². The van der Waals surface area contributed by atoms with E-state index in [0.29, 0.717) is 11.5 Å². The minimum atomic E-state index is -0.969. The average Bonchev–Trinajstić information content (AvgIpc) is 3.40. The third-order valence-corrected chi connectivity index (χ3v) is 4.29. The zero-order valence-electron chi connectivity index (χ0n) is 16.1. The normalized spacial score (nSPS) is 18.2. The number of rotatable bonds is 5. The highest BCUT2D eigenvalue weighted by molar-refractivity contribution is 5.97. The van der Waals surface area contributed by atoms with Gasteiger partial charge in [0.25, 0.3) is 5.91 Å². The van der Waals surface area contributed by atoms with Gasteiger partial charge < -0.3 is 20.9 Å². The Morgan fingerprint density at radius 3 is 2.46 bits per heavy atom. The molecular weight excluding hydrogens is 380 g/mol. The molecule has 0 spiro atoms. The van der Waals surface area contributed by atoms with Gasteiger partial charge in [-0.05, 0) is 62.3 Å². The summed E-state index contributed by atoms with van der Waals surface area (Å²) >= 11 is 0. The van der Waals surface area contributed by atoms with E-state index in [1.54, 1.807) is 38.1 Å². The minimum absolute atomic E-state index is 0. The molecule has 1 aliphatic carbocycles. The van der Waals surface area contributed by atoms with Crippen LogP contribution in [0.25, 0.3) is 0 Å². The summed E-state index contributed by atoms with van der Waals surface area (Å²) in [6.45, 7) is 3.45. The number of aliphatic hydroxyl groups is 1. The summed E-state index contributed by atoms with van der Waals surface area (Å²) in [5.41, 5.74) is 6.09. The molecule has 0 heterocycles. The number of esters is 1. The number of amides is 1. The Labute approximate surface area is 171 Å². The van der Waals surface area contributed by atoms with Crippen LogP contribution in [0.3, 0.4) is 0 Å². The molecule has 28 heavy (non-hydrogen) atoms. The van der Waals surface area contributed by atoms with E-state index in [1.807, 2.05) is 0 Å². The second-order valence-electron chi connectivity index (χ2n) is 7.13. The second kappa shape index (κ2) is 10.1. The first-order valence-corrected chi connectivity index (χ1v) is 8.66. The number of carbonyl (C=O) groups is 2. The molecule has 1 fully saturated rings. The van der Waals surface area contributed by atoms with Gasteiger partial charge in [-0.1, -0.05) is 11.8 Å². The highest BCUT2D eigenvalue weighted by Crippen LogP contribution is 2.36. The summed E-state index contributed by atoms with van der Waals surface area (Å²) in [5, 5.41) is 11.6. The molecule has 1 aromatic carbocycles. The number of carbonyl (C=O) groups excluding carboxylic acids is 2. The Morgan fingerprint density at radius 1 is 1.32 bits per heavy atom. The van der Waals surface area contributed by atoms with E-state index < -0.39 is 23.5 Å². The second-order valence-corrected chi connectivity index (χ2v) is 7.13. The van der Waals surface area contributed by atoms with Gasteiger partial charge in [-0.3, -0.25) is 4.79 Å². The van der Waals surface area contributed by atoms with Crippen molar-refractivity contribution in [2.75, 3.05) is 13.7 Å². The topological polar surface area (TPSA) is 102 Å². The molecule has 4 N–H and O–H groups in total. The monoisotopic (exact) mass is 404 g/mol. The van der Waals surface area contributed by atoms with Crippen LogP contribution in [0.5, 0.6) is 0 Å². The molecule has 0 saturated heterocycles. The largest absolute Gasteiger partial charge is 0.467 e. The standard InChI is InChI=1S/C21H24N2O4.ClH/c1-21(2,22)18(20(26)27-3)23-19(25)15-10-8-14(9-11-15)6-4-5-7-16-12-17(16)13-24;/h8-11,16-18,24H,12-13,22H2,1-3H3,(H,23,25);1H/t16-,17+,18?;/m1./s1. The minimum Gasteiger partial charge on any atom is -0.467 e. The van der Waals surface area contributed by atoms with Gasteiger partial charge in [-0.2, -0.15) is 0 Å². The fourth-order valence-corrected chi connectivity index (χ4v) is 2.44. The first kappa shape index (κ1) is 23.5. The fraction of sp³-hybridized carbons (Fsp3) is 0.429. The van der Waals surface area contributed by atoms with Crippen LogP contribution in [-0.4, -0.2) is 42.3 Å². The van der Waals surface area contributed by atoms with Crippen molar-refractivity contribution in [2.24, 2.45) is 17.6 Å². The number of halogens is 1. The molecule has 0 bridgehead atoms. The average molecular weight is 405 g/mol. The van der Waals surface area contributed by atoms with Gasteiger partial charge in [-0.25, -0.2) is 4.79 Å². The lowest BCUT2D eigenvalue weighted by Gasteiger charge is -2.28. The molecule has 1 saturated carbocycles. The molecule has 0 aromatic heterocycles. The van der Waals surface area contributed by atoms with Crippen molar-refractivity contribution in [3.8, 4) is 23.7 Å². The van der Waals surface area contributed by atoms with Gasteiger partial charge in [0.05, 0.1) is 7.11 Å². The van der Waals surface area contributed by atoms with Crippen molar-refractivity contribution in [1.29, 1.82) is 0 Å². The maximum absolute atomic E-state index is 12.4. The number of nitrogens with two attached hydrogens (primary N) is 1. The number of nitrogens with one attached hydrogen (secondary N) is 1. The molecule has 7 heteroatoms. The van der Waals surface area contributed by atoms with E-state index in [9.17, 15) is 9.59 Å². The van der Waals surface area contributed by atoms with Gasteiger partial charge in [0.1, 0.15) is 6.04 Å². The van der Waals surface area contributed by atoms with E-state index in [0.717, 1.165) is 12.0 Å². The maximum atomic E-state index is 12.4. The molecule has 1 amide bonds. The van der Waals surface area contributed by atoms with Gasteiger partial charge >= 0.3 is 5.97 Å². The van der Waals surface area contributed by atoms with E-state index in [4.69, 9.17) is 15.6 Å². The Kier molecular flexibility index (Phi) is 8.53. The number of ether oxygens (including phenoxy) is 1. The number of hydrogen-bond donors (Lipinski definition) is 3. The molecule has 0 aliphatic heterocycles. The Morgan fingerprint density at radius 2 is 1.96 bits per heavy atom. The van der Waals surface area contributed by atoms with Gasteiger partial charge in [-0.15, -0.1) is 12.4 Å². The SMILES string of the molecule is COC(=O)C(NC(=O)c1ccc(C#CC#C[C@@H]2C[C@H]2CO)cc1)C(C)(C)N.Cl. The molecule has 2 rings (SSSR count). The van der Waals surface area contributed by atoms with Gasteiger partial charge in [0.15, 0.2) is 0 Å². The first-order chi connectivity index (χ1) is 12.8. The van der Waals surface area contributed by atoms with Crippen LogP contribution in [0.1, 0.15) is 36.2 Å². The number of benzene rings is 1. The predicted octanol–water partition coefficient (Wildman–Crippen LogP) is 1.10. The lowest BCUT2D eigenvalue weighted by molar-refractivity contribution is -0.144. The summed E-state index contributed by atoms with van der Waals surface area (Å²) in [4.78, 5) is 24.2. The van der Waals surface area contributed by atoms with Gasteiger partial charge in [0, 0.05) is 29.2 Å². The maximum Gasteiger partial charge on any atom is 0.330 e. The Bertz CT molecular complexity index is 822.